The highest BCUT2D eigenvalue weighted by atomic mass is 32.2. The Hall–Kier alpha value is -0.600. The molecule has 0 spiro atoms. The maximum Gasteiger partial charge on any atom is 0.154 e. The Kier molecular flexibility index (Phi) is 4.05. The van der Waals surface area contributed by atoms with E-state index in [9.17, 15) is 8.42 Å². The predicted octanol–water partition coefficient (Wildman–Crippen LogP) is 1.24. The number of hydrogen-bond acceptors (Lipinski definition) is 4. The molecule has 0 aromatic rings. The molecular weight excluding hydrogens is 236 g/mol. The van der Waals surface area contributed by atoms with Gasteiger partial charge in [0.15, 0.2) is 9.84 Å². The molecule has 0 aromatic carbocycles. The smallest absolute Gasteiger partial charge is 0.154 e. The second-order valence-electron chi connectivity index (χ2n) is 5.17. The molecule has 5 heteroatoms. The Balaban J connectivity index is 1.87. The summed E-state index contributed by atoms with van der Waals surface area (Å²) in [5.41, 5.74) is 0. The van der Waals surface area contributed by atoms with Gasteiger partial charge < -0.3 is 5.32 Å². The number of nitrogens with zero attached hydrogens (tertiary/aromatic N) is 1. The average Bonchev–Trinajstić information content (AvgIpc) is 2.66. The lowest BCUT2D eigenvalue weighted by atomic mass is 9.85. The van der Waals surface area contributed by atoms with Crippen molar-refractivity contribution in [2.45, 2.75) is 49.8 Å². The van der Waals surface area contributed by atoms with Crippen LogP contribution in [0, 0.1) is 17.2 Å². The first-order chi connectivity index (χ1) is 8.13. The first-order valence-corrected chi connectivity index (χ1v) is 8.19. The summed E-state index contributed by atoms with van der Waals surface area (Å²) in [6, 6.07) is 2.54. The molecule has 0 amide bonds. The quantitative estimate of drug-likeness (QED) is 0.824. The molecular formula is C12H20N2O2S. The number of nitriles is 1. The van der Waals surface area contributed by atoms with Gasteiger partial charge in [0, 0.05) is 12.6 Å². The van der Waals surface area contributed by atoms with Gasteiger partial charge in [-0.1, -0.05) is 12.8 Å². The van der Waals surface area contributed by atoms with Gasteiger partial charge in [0.2, 0.25) is 0 Å². The molecule has 2 rings (SSSR count). The number of hydrogen-bond donors (Lipinski definition) is 1. The zero-order chi connectivity index (χ0) is 12.3. The van der Waals surface area contributed by atoms with Crippen molar-refractivity contribution in [3.8, 4) is 6.07 Å². The molecule has 0 bridgehead atoms. The molecule has 1 aliphatic carbocycles. The summed E-state index contributed by atoms with van der Waals surface area (Å²) in [6.45, 7) is 0.533. The van der Waals surface area contributed by atoms with Crippen LogP contribution in [0.5, 0.6) is 0 Å². The van der Waals surface area contributed by atoms with E-state index in [-0.39, 0.29) is 17.2 Å². The fourth-order valence-corrected chi connectivity index (χ4v) is 4.68. The van der Waals surface area contributed by atoms with Crippen LogP contribution in [0.4, 0.5) is 0 Å². The minimum Gasteiger partial charge on any atom is -0.311 e. The van der Waals surface area contributed by atoms with E-state index in [4.69, 9.17) is 5.26 Å². The van der Waals surface area contributed by atoms with Crippen molar-refractivity contribution in [1.29, 1.82) is 5.26 Å². The van der Waals surface area contributed by atoms with E-state index in [0.717, 1.165) is 38.5 Å². The molecule has 3 atom stereocenters. The Bertz CT molecular complexity index is 399. The van der Waals surface area contributed by atoms with Crippen molar-refractivity contribution < 1.29 is 8.42 Å². The minimum atomic E-state index is -2.86. The maximum absolute atomic E-state index is 11.7. The molecule has 1 saturated heterocycles. The molecule has 1 saturated carbocycles. The molecule has 96 valence electrons. The summed E-state index contributed by atoms with van der Waals surface area (Å²) in [4.78, 5) is 0. The predicted molar refractivity (Wildman–Crippen MR) is 66.2 cm³/mol. The van der Waals surface area contributed by atoms with Crippen molar-refractivity contribution in [2.24, 2.45) is 5.92 Å². The molecule has 1 heterocycles. The van der Waals surface area contributed by atoms with Crippen molar-refractivity contribution in [3.05, 3.63) is 0 Å². The van der Waals surface area contributed by atoms with Crippen LogP contribution in [0.1, 0.15) is 38.5 Å². The van der Waals surface area contributed by atoms with Crippen LogP contribution in [-0.2, 0) is 9.84 Å². The van der Waals surface area contributed by atoms with E-state index in [1.54, 1.807) is 0 Å². The van der Waals surface area contributed by atoms with Gasteiger partial charge in [-0.3, -0.25) is 0 Å². The zero-order valence-electron chi connectivity index (χ0n) is 10.1. The zero-order valence-corrected chi connectivity index (χ0v) is 10.9. The lowest BCUT2D eigenvalue weighted by Crippen LogP contribution is -2.42. The lowest BCUT2D eigenvalue weighted by Gasteiger charge is -2.28. The SMILES string of the molecule is N#CC1CCCCC1NCC1CCCS1(=O)=O. The van der Waals surface area contributed by atoms with Gasteiger partial charge in [0.05, 0.1) is 23.0 Å². The standard InChI is InChI=1S/C12H20N2O2S/c13-8-10-4-1-2-6-12(10)14-9-11-5-3-7-17(11,15)16/h10-12,14H,1-7,9H2. The van der Waals surface area contributed by atoms with Gasteiger partial charge >= 0.3 is 0 Å². The molecule has 4 nitrogen and oxygen atoms in total. The number of rotatable bonds is 3. The molecule has 0 radical (unpaired) electrons. The second-order valence-corrected chi connectivity index (χ2v) is 7.57. The van der Waals surface area contributed by atoms with Crippen molar-refractivity contribution in [2.75, 3.05) is 12.3 Å². The van der Waals surface area contributed by atoms with E-state index < -0.39 is 9.84 Å². The van der Waals surface area contributed by atoms with Crippen LogP contribution in [-0.4, -0.2) is 32.0 Å². The highest BCUT2D eigenvalue weighted by Gasteiger charge is 2.32. The average molecular weight is 256 g/mol. The van der Waals surface area contributed by atoms with Crippen LogP contribution >= 0.6 is 0 Å². The Morgan fingerprint density at radius 2 is 1.94 bits per heavy atom. The van der Waals surface area contributed by atoms with Crippen LogP contribution < -0.4 is 5.32 Å². The summed E-state index contributed by atoms with van der Waals surface area (Å²) in [7, 11) is -2.86. The molecule has 2 fully saturated rings. The lowest BCUT2D eigenvalue weighted by molar-refractivity contribution is 0.312. The third-order valence-electron chi connectivity index (χ3n) is 4.00. The molecule has 2 aliphatic rings. The first kappa shape index (κ1) is 12.8. The van der Waals surface area contributed by atoms with Gasteiger partial charge in [0.1, 0.15) is 0 Å². The first-order valence-electron chi connectivity index (χ1n) is 6.48. The summed E-state index contributed by atoms with van der Waals surface area (Å²) in [6.07, 6.45) is 5.79. The van der Waals surface area contributed by atoms with Crippen molar-refractivity contribution in [3.63, 3.8) is 0 Å². The summed E-state index contributed by atoms with van der Waals surface area (Å²) >= 11 is 0. The molecule has 1 N–H and O–H groups in total. The second kappa shape index (κ2) is 5.36. The molecule has 17 heavy (non-hydrogen) atoms. The number of nitrogens with one attached hydrogen (secondary N) is 1. The van der Waals surface area contributed by atoms with Crippen LogP contribution in [0.25, 0.3) is 0 Å². The largest absolute Gasteiger partial charge is 0.311 e. The number of sulfone groups is 1. The van der Waals surface area contributed by atoms with E-state index in [1.807, 2.05) is 0 Å². The van der Waals surface area contributed by atoms with Crippen LogP contribution in [0.15, 0.2) is 0 Å². The monoisotopic (exact) mass is 256 g/mol. The topological polar surface area (TPSA) is 70.0 Å². The Morgan fingerprint density at radius 1 is 1.18 bits per heavy atom. The van der Waals surface area contributed by atoms with Gasteiger partial charge in [0.25, 0.3) is 0 Å². The van der Waals surface area contributed by atoms with Crippen molar-refractivity contribution in [1.82, 2.24) is 5.32 Å². The third kappa shape index (κ3) is 2.99. The maximum atomic E-state index is 11.7. The van der Waals surface area contributed by atoms with Gasteiger partial charge in [-0.25, -0.2) is 8.42 Å². The Morgan fingerprint density at radius 3 is 2.59 bits per heavy atom. The van der Waals surface area contributed by atoms with E-state index in [0.29, 0.717) is 12.3 Å². The van der Waals surface area contributed by atoms with Gasteiger partial charge in [-0.15, -0.1) is 0 Å². The molecule has 0 aromatic heterocycles. The van der Waals surface area contributed by atoms with Crippen LogP contribution in [0.2, 0.25) is 0 Å². The third-order valence-corrected chi connectivity index (χ3v) is 6.28. The molecule has 1 aliphatic heterocycles. The summed E-state index contributed by atoms with van der Waals surface area (Å²) in [5, 5.41) is 12.1. The fraction of sp³-hybridized carbons (Fsp3) is 0.917. The highest BCUT2D eigenvalue weighted by molar-refractivity contribution is 7.92. The normalized spacial score (nSPS) is 36.5. The Labute approximate surface area is 103 Å². The highest BCUT2D eigenvalue weighted by Crippen LogP contribution is 2.25. The van der Waals surface area contributed by atoms with E-state index in [1.165, 1.54) is 0 Å². The molecule has 3 unspecified atom stereocenters. The summed E-state index contributed by atoms with van der Waals surface area (Å²) < 4.78 is 23.4. The minimum absolute atomic E-state index is 0.0628. The van der Waals surface area contributed by atoms with Crippen molar-refractivity contribution >= 4 is 9.84 Å². The van der Waals surface area contributed by atoms with E-state index >= 15 is 0 Å². The fourth-order valence-electron chi connectivity index (χ4n) is 2.90. The van der Waals surface area contributed by atoms with Crippen LogP contribution in [0.3, 0.4) is 0 Å². The summed E-state index contributed by atoms with van der Waals surface area (Å²) in [5.74, 6) is 0.402. The van der Waals surface area contributed by atoms with E-state index in [2.05, 4.69) is 11.4 Å². The van der Waals surface area contributed by atoms with Gasteiger partial charge in [-0.05, 0) is 25.7 Å². The van der Waals surface area contributed by atoms with Gasteiger partial charge in [-0.2, -0.15) is 5.26 Å².